The molecule has 0 unspecified atom stereocenters. The molecule has 35 heavy (non-hydrogen) atoms. The number of halogens is 2. The van der Waals surface area contributed by atoms with Crippen molar-refractivity contribution in [1.29, 1.82) is 0 Å². The minimum atomic E-state index is -0.816. The van der Waals surface area contributed by atoms with Crippen molar-refractivity contribution >= 4 is 0 Å². The van der Waals surface area contributed by atoms with E-state index in [1.165, 1.54) is 70.6 Å². The molecule has 3 heteroatoms. The first-order valence-corrected chi connectivity index (χ1v) is 14.9. The average molecular weight is 487 g/mol. The smallest absolute Gasteiger partial charge is 0.200 e. The summed E-state index contributed by atoms with van der Waals surface area (Å²) in [7, 11) is 0. The molecule has 196 valence electrons. The van der Waals surface area contributed by atoms with Gasteiger partial charge in [-0.3, -0.25) is 0 Å². The molecule has 1 aromatic carbocycles. The second-order valence-electron chi connectivity index (χ2n) is 11.8. The van der Waals surface area contributed by atoms with Gasteiger partial charge in [-0.25, -0.2) is 4.39 Å². The fourth-order valence-corrected chi connectivity index (χ4v) is 7.39. The number of rotatable bonds is 9. The van der Waals surface area contributed by atoms with Crippen LogP contribution in [0.3, 0.4) is 0 Å². The van der Waals surface area contributed by atoms with Gasteiger partial charge in [0.2, 0.25) is 5.82 Å². The van der Waals surface area contributed by atoms with Crippen LogP contribution in [0.15, 0.2) is 24.3 Å². The molecule has 1 nitrogen and oxygen atoms in total. The van der Waals surface area contributed by atoms with Crippen LogP contribution in [0.5, 0.6) is 5.75 Å². The number of benzene rings is 1. The van der Waals surface area contributed by atoms with Crippen LogP contribution in [0.1, 0.15) is 122 Å². The number of allylic oxidation sites excluding steroid dienone is 2. The number of hydrogen-bond acceptors (Lipinski definition) is 1. The Kier molecular flexibility index (Phi) is 10.1. The lowest BCUT2D eigenvalue weighted by Crippen LogP contribution is -2.25. The summed E-state index contributed by atoms with van der Waals surface area (Å²) in [6.45, 7) is 4.48. The summed E-state index contributed by atoms with van der Waals surface area (Å²) < 4.78 is 34.2. The van der Waals surface area contributed by atoms with Crippen molar-refractivity contribution in [2.24, 2.45) is 29.6 Å². The molecule has 1 aromatic rings. The Hall–Kier alpha value is -1.38. The van der Waals surface area contributed by atoms with E-state index in [0.29, 0.717) is 12.2 Å². The summed E-state index contributed by atoms with van der Waals surface area (Å²) in [5.41, 5.74) is 0.555. The van der Waals surface area contributed by atoms with Gasteiger partial charge in [-0.05, 0) is 131 Å². The largest absolute Gasteiger partial charge is 0.491 e. The van der Waals surface area contributed by atoms with Gasteiger partial charge in [0.15, 0.2) is 11.6 Å². The molecular formula is C32H48F2O. The van der Waals surface area contributed by atoms with Gasteiger partial charge in [-0.1, -0.05) is 44.4 Å². The summed E-state index contributed by atoms with van der Waals surface area (Å²) in [4.78, 5) is 0. The van der Waals surface area contributed by atoms with Crippen molar-refractivity contribution in [2.45, 2.75) is 116 Å². The molecule has 0 bridgehead atoms. The first-order valence-electron chi connectivity index (χ1n) is 14.9. The van der Waals surface area contributed by atoms with Gasteiger partial charge in [0.05, 0.1) is 6.61 Å². The predicted molar refractivity (Wildman–Crippen MR) is 142 cm³/mol. The Bertz CT molecular complexity index is 794. The molecule has 3 saturated carbocycles. The molecule has 0 spiro atoms. The van der Waals surface area contributed by atoms with Gasteiger partial charge in [-0.15, -0.1) is 0 Å². The van der Waals surface area contributed by atoms with Gasteiger partial charge >= 0.3 is 0 Å². The van der Waals surface area contributed by atoms with Crippen molar-refractivity contribution in [3.63, 3.8) is 0 Å². The van der Waals surface area contributed by atoms with Gasteiger partial charge in [-0.2, -0.15) is 4.39 Å². The first-order chi connectivity index (χ1) is 17.1. The highest BCUT2D eigenvalue weighted by atomic mass is 19.2. The Morgan fingerprint density at radius 1 is 0.771 bits per heavy atom. The maximum Gasteiger partial charge on any atom is 0.200 e. The maximum atomic E-state index is 14.7. The molecular weight excluding hydrogens is 438 g/mol. The van der Waals surface area contributed by atoms with E-state index in [2.05, 4.69) is 19.1 Å². The van der Waals surface area contributed by atoms with Gasteiger partial charge in [0.25, 0.3) is 0 Å². The van der Waals surface area contributed by atoms with E-state index < -0.39 is 11.6 Å². The highest BCUT2D eigenvalue weighted by Crippen LogP contribution is 2.45. The first kappa shape index (κ1) is 26.7. The van der Waals surface area contributed by atoms with E-state index in [-0.39, 0.29) is 11.7 Å². The van der Waals surface area contributed by atoms with Gasteiger partial charge in [0, 0.05) is 0 Å². The quantitative estimate of drug-likeness (QED) is 0.315. The van der Waals surface area contributed by atoms with Crippen LogP contribution >= 0.6 is 0 Å². The monoisotopic (exact) mass is 486 g/mol. The van der Waals surface area contributed by atoms with E-state index in [4.69, 9.17) is 4.74 Å². The standard InChI is InChI=1S/C32H48F2O/c1-3-23-9-11-24(12-10-23)7-5-6-8-25-13-15-26(16-14-25)27-17-19-28(20-18-27)29-21-22-30(35-4-2)32(34)31(29)33/h5,7,21-28H,3-4,6,8-20H2,1-2H3/b7-5+. The number of hydrogen-bond donors (Lipinski definition) is 0. The lowest BCUT2D eigenvalue weighted by Gasteiger charge is -2.38. The molecule has 3 aliphatic rings. The van der Waals surface area contributed by atoms with Crippen LogP contribution in [0, 0.1) is 41.2 Å². The highest BCUT2D eigenvalue weighted by Gasteiger charge is 2.32. The lowest BCUT2D eigenvalue weighted by molar-refractivity contribution is 0.156. The molecule has 0 saturated heterocycles. The zero-order chi connectivity index (χ0) is 24.6. The molecule has 0 radical (unpaired) electrons. The second kappa shape index (κ2) is 13.2. The topological polar surface area (TPSA) is 9.23 Å². The molecule has 4 rings (SSSR count). The Morgan fingerprint density at radius 3 is 2.03 bits per heavy atom. The molecule has 0 N–H and O–H groups in total. The molecule has 3 fully saturated rings. The minimum absolute atomic E-state index is 0.0359. The molecule has 0 aliphatic heterocycles. The lowest BCUT2D eigenvalue weighted by atomic mass is 9.68. The third-order valence-electron chi connectivity index (χ3n) is 9.76. The molecule has 0 heterocycles. The van der Waals surface area contributed by atoms with Crippen LogP contribution < -0.4 is 4.74 Å². The summed E-state index contributed by atoms with van der Waals surface area (Å²) >= 11 is 0. The van der Waals surface area contributed by atoms with Crippen LogP contribution in [-0.2, 0) is 0 Å². The SMILES string of the molecule is CCOc1ccc(C2CCC(C3CCC(CC/C=C/C4CCC(CC)CC4)CC3)CC2)c(F)c1F. The Balaban J connectivity index is 1.15. The summed E-state index contributed by atoms with van der Waals surface area (Å²) in [5, 5.41) is 0. The van der Waals surface area contributed by atoms with Crippen molar-refractivity contribution in [3.05, 3.63) is 41.5 Å². The van der Waals surface area contributed by atoms with Crippen molar-refractivity contribution in [3.8, 4) is 5.75 Å². The molecule has 0 aromatic heterocycles. The zero-order valence-electron chi connectivity index (χ0n) is 22.3. The fraction of sp³-hybridized carbons (Fsp3) is 0.750. The van der Waals surface area contributed by atoms with E-state index in [1.807, 2.05) is 0 Å². The van der Waals surface area contributed by atoms with Crippen LogP contribution in [-0.4, -0.2) is 6.61 Å². The van der Waals surface area contributed by atoms with Crippen LogP contribution in [0.4, 0.5) is 8.78 Å². The van der Waals surface area contributed by atoms with Gasteiger partial charge in [0.1, 0.15) is 0 Å². The summed E-state index contributed by atoms with van der Waals surface area (Å²) in [6, 6.07) is 3.36. The van der Waals surface area contributed by atoms with Crippen molar-refractivity contribution < 1.29 is 13.5 Å². The highest BCUT2D eigenvalue weighted by molar-refractivity contribution is 5.33. The third-order valence-corrected chi connectivity index (χ3v) is 9.76. The second-order valence-corrected chi connectivity index (χ2v) is 11.8. The van der Waals surface area contributed by atoms with E-state index in [9.17, 15) is 8.78 Å². The Morgan fingerprint density at radius 2 is 1.40 bits per heavy atom. The Labute approximate surface area is 213 Å². The summed E-state index contributed by atoms with van der Waals surface area (Å²) in [5.74, 6) is 3.04. The van der Waals surface area contributed by atoms with E-state index in [1.54, 1.807) is 19.1 Å². The number of ether oxygens (including phenoxy) is 1. The van der Waals surface area contributed by atoms with E-state index in [0.717, 1.165) is 55.3 Å². The zero-order valence-corrected chi connectivity index (χ0v) is 22.3. The van der Waals surface area contributed by atoms with Crippen LogP contribution in [0.25, 0.3) is 0 Å². The molecule has 0 atom stereocenters. The normalized spacial score (nSPS) is 32.1. The van der Waals surface area contributed by atoms with Crippen molar-refractivity contribution in [2.75, 3.05) is 6.61 Å². The van der Waals surface area contributed by atoms with Crippen molar-refractivity contribution in [1.82, 2.24) is 0 Å². The minimum Gasteiger partial charge on any atom is -0.491 e. The average Bonchev–Trinajstić information content (AvgIpc) is 2.90. The van der Waals surface area contributed by atoms with Gasteiger partial charge < -0.3 is 4.74 Å². The predicted octanol–water partition coefficient (Wildman–Crippen LogP) is 10.00. The fourth-order valence-electron chi connectivity index (χ4n) is 7.39. The summed E-state index contributed by atoms with van der Waals surface area (Å²) in [6.07, 6.45) is 24.5. The molecule has 0 amide bonds. The van der Waals surface area contributed by atoms with E-state index >= 15 is 0 Å². The van der Waals surface area contributed by atoms with Crippen LogP contribution in [0.2, 0.25) is 0 Å². The third kappa shape index (κ3) is 7.10. The molecule has 3 aliphatic carbocycles. The maximum absolute atomic E-state index is 14.7.